The first-order chi connectivity index (χ1) is 48.2. The van der Waals surface area contributed by atoms with Crippen molar-refractivity contribution in [3.63, 3.8) is 0 Å². The second-order valence-electron chi connectivity index (χ2n) is 23.9. The van der Waals surface area contributed by atoms with Crippen LogP contribution in [0.1, 0.15) is 134 Å². The Morgan fingerprint density at radius 2 is 1.52 bits per heavy atom. The van der Waals surface area contributed by atoms with Crippen molar-refractivity contribution in [3.05, 3.63) is 105 Å². The number of nitro groups is 1. The number of carbonyl (C=O) groups excluding carboxylic acids is 13. The number of carboxylic acids is 2. The van der Waals surface area contributed by atoms with Crippen molar-refractivity contribution in [3.8, 4) is 11.5 Å². The quantitative estimate of drug-likeness (QED) is 0.00979. The number of carboxylic acid groups (broad SMARTS) is 2. The van der Waals surface area contributed by atoms with Gasteiger partial charge < -0.3 is 71.5 Å². The van der Waals surface area contributed by atoms with Gasteiger partial charge in [-0.2, -0.15) is 11.8 Å². The third kappa shape index (κ3) is 20.6. The number of hydrogen-bond donors (Lipinski definition) is 9. The van der Waals surface area contributed by atoms with E-state index in [2.05, 4.69) is 53.8 Å². The summed E-state index contributed by atoms with van der Waals surface area (Å²) in [5.41, 5.74) is 0.425. The van der Waals surface area contributed by atoms with E-state index in [4.69, 9.17) is 19.1 Å². The maximum atomic E-state index is 14.4. The maximum absolute atomic E-state index is 14.4. The van der Waals surface area contributed by atoms with Crippen LogP contribution in [0.2, 0.25) is 0 Å². The summed E-state index contributed by atoms with van der Waals surface area (Å²) in [4.78, 5) is 226. The van der Waals surface area contributed by atoms with Gasteiger partial charge in [0.05, 0.1) is 95.7 Å². The molecular weight excluding hydrogens is 1350 g/mol. The molecule has 37 heteroatoms. The number of unbranched alkanes of at least 4 members (excludes halogenated alkanes) is 1. The van der Waals surface area contributed by atoms with Crippen molar-refractivity contribution >= 4 is 113 Å². The highest BCUT2D eigenvalue weighted by Gasteiger charge is 2.44. The second-order valence-corrected chi connectivity index (χ2v) is 25.2. The van der Waals surface area contributed by atoms with Crippen molar-refractivity contribution in [2.75, 3.05) is 39.1 Å². The summed E-state index contributed by atoms with van der Waals surface area (Å²) >= 11 is 1.71. The van der Waals surface area contributed by atoms with Gasteiger partial charge in [-0.05, 0) is 74.9 Å². The molecule has 11 amide bonds. The highest BCUT2D eigenvalue weighted by Crippen LogP contribution is 2.38. The molecule has 3 aromatic rings. The molecule has 2 aromatic carbocycles. The number of likely N-dealkylation sites (tertiary alicyclic amines) is 1. The number of amides is 11. The van der Waals surface area contributed by atoms with Crippen LogP contribution in [0.5, 0.6) is 11.5 Å². The minimum Gasteiger partial charge on any atom is -0.493 e. The van der Waals surface area contributed by atoms with Crippen LogP contribution < -0.4 is 46.7 Å². The molecule has 5 fully saturated rings. The Hall–Kier alpha value is -11.4. The van der Waals surface area contributed by atoms with Gasteiger partial charge >= 0.3 is 29.9 Å². The van der Waals surface area contributed by atoms with Gasteiger partial charge in [0.2, 0.25) is 23.6 Å². The molecule has 5 saturated heterocycles. The third-order valence-electron chi connectivity index (χ3n) is 16.7. The number of urea groups is 1. The first kappa shape index (κ1) is 75.4. The number of hydroxylamine groups is 4. The number of fused-ring (bicyclic) bond motifs is 1. The molecule has 0 aliphatic carbocycles. The second kappa shape index (κ2) is 34.9. The lowest BCUT2D eigenvalue weighted by molar-refractivity contribution is -0.385. The number of methoxy groups -OCH3 is 1. The highest BCUT2D eigenvalue weighted by atomic mass is 32.2. The molecule has 0 radical (unpaired) electrons. The number of pyridine rings is 1. The summed E-state index contributed by atoms with van der Waals surface area (Å²) in [6.07, 6.45) is 1.80. The number of benzene rings is 2. The van der Waals surface area contributed by atoms with Crippen molar-refractivity contribution < 1.29 is 106 Å². The molecule has 101 heavy (non-hydrogen) atoms. The van der Waals surface area contributed by atoms with Crippen molar-refractivity contribution in [2.45, 2.75) is 138 Å². The van der Waals surface area contributed by atoms with Crippen LogP contribution in [0.25, 0.3) is 0 Å². The number of nitrogens with zero attached hydrogens (tertiary/aromatic N) is 6. The molecule has 36 nitrogen and oxygen atoms in total. The number of nitro benzene ring substituents is 1. The monoisotopic (exact) mass is 1420 g/mol. The van der Waals surface area contributed by atoms with E-state index in [0.717, 1.165) is 47.6 Å². The molecular formula is C64H73N13O23S. The summed E-state index contributed by atoms with van der Waals surface area (Å²) in [5, 5.41) is 50.7. The van der Waals surface area contributed by atoms with E-state index in [1.165, 1.54) is 37.4 Å². The number of rotatable bonds is 35. The number of hydrogen-bond acceptors (Lipinski definition) is 24. The Kier molecular flexibility index (Phi) is 26.0. The molecule has 0 spiro atoms. The SMILES string of the molecule is C=C1CCC(=O)N1OC(=O)c1ccc(C=NCc2ccc(C(=O)NC(CC(=O)O)C(=O)N3CCCC3C(=O)CC(CC(=O)ON3C(=O)CCC3=O)C(=O)NC(C)c3cc(OC)c(OCC(=O)NC(CNC(=O)CCCCC4SCC5NC(=O)NC54)C(=O)NCC(=O)O)cc3[N+](=O)[O-])cn2)cc1. The number of Topliss-reactive ketones (excluding diaryl/α,β-unsaturated/α-hetero) is 1. The zero-order valence-electron chi connectivity index (χ0n) is 54.6. The number of imide groups is 1. The number of allylic oxidation sites excluding steroid dienone is 1. The number of nitrogens with one attached hydrogen (secondary N) is 7. The average molecular weight is 1420 g/mol. The van der Waals surface area contributed by atoms with E-state index in [1.54, 1.807) is 23.9 Å². The Morgan fingerprint density at radius 3 is 2.19 bits per heavy atom. The van der Waals surface area contributed by atoms with E-state index < -0.39 is 162 Å². The van der Waals surface area contributed by atoms with Crippen molar-refractivity contribution in [1.29, 1.82) is 0 Å². The van der Waals surface area contributed by atoms with Gasteiger partial charge in [-0.15, -0.1) is 10.1 Å². The molecule has 0 saturated carbocycles. The van der Waals surface area contributed by atoms with E-state index in [9.17, 15) is 92.2 Å². The molecule has 5 aliphatic heterocycles. The fourth-order valence-corrected chi connectivity index (χ4v) is 13.0. The number of aliphatic carboxylic acids is 2. The predicted octanol–water partition coefficient (Wildman–Crippen LogP) is 0.746. The normalized spacial score (nSPS) is 18.9. The number of thioether (sulfide) groups is 1. The highest BCUT2D eigenvalue weighted by molar-refractivity contribution is 8.00. The number of carbonyl (C=O) groups is 15. The van der Waals surface area contributed by atoms with E-state index in [0.29, 0.717) is 36.2 Å². The lowest BCUT2D eigenvalue weighted by atomic mass is 9.93. The van der Waals surface area contributed by atoms with Crippen LogP contribution in [0.15, 0.2) is 72.0 Å². The van der Waals surface area contributed by atoms with Gasteiger partial charge in [0.1, 0.15) is 18.6 Å². The van der Waals surface area contributed by atoms with Crippen LogP contribution in [0, 0.1) is 16.0 Å². The van der Waals surface area contributed by atoms with E-state index in [1.807, 2.05) is 0 Å². The number of ketones is 1. The molecule has 9 N–H and O–H groups in total. The number of aliphatic imine (C=N–C) groups is 1. The van der Waals surface area contributed by atoms with E-state index >= 15 is 0 Å². The van der Waals surface area contributed by atoms with Crippen molar-refractivity contribution in [1.82, 2.24) is 57.2 Å². The van der Waals surface area contributed by atoms with E-state index in [-0.39, 0.29) is 108 Å². The van der Waals surface area contributed by atoms with Gasteiger partial charge in [-0.1, -0.05) is 25.1 Å². The first-order valence-electron chi connectivity index (χ1n) is 31.9. The summed E-state index contributed by atoms with van der Waals surface area (Å²) in [6, 6.07) is 4.59. The summed E-state index contributed by atoms with van der Waals surface area (Å²) in [5.74, 6) is -15.2. The summed E-state index contributed by atoms with van der Waals surface area (Å²) in [6.45, 7) is 2.62. The zero-order chi connectivity index (χ0) is 73.2. The number of aromatic nitrogens is 1. The first-order valence-corrected chi connectivity index (χ1v) is 33.0. The fraction of sp³-hybridized carbons (Fsp3) is 0.453. The van der Waals surface area contributed by atoms with Crippen LogP contribution >= 0.6 is 11.8 Å². The predicted molar refractivity (Wildman–Crippen MR) is 347 cm³/mol. The smallest absolute Gasteiger partial charge is 0.363 e. The molecule has 1 aromatic heterocycles. The van der Waals surface area contributed by atoms with Gasteiger partial charge in [-0.25, -0.2) is 14.4 Å². The lowest BCUT2D eigenvalue weighted by Gasteiger charge is -2.29. The van der Waals surface area contributed by atoms with Crippen LogP contribution in [-0.2, 0) is 73.8 Å². The third-order valence-corrected chi connectivity index (χ3v) is 18.2. The minimum atomic E-state index is -1.76. The van der Waals surface area contributed by atoms with Crippen molar-refractivity contribution in [2.24, 2.45) is 10.9 Å². The van der Waals surface area contributed by atoms with Crippen LogP contribution in [0.3, 0.4) is 0 Å². The Bertz CT molecular complexity index is 3780. The minimum absolute atomic E-state index is 0.0208. The summed E-state index contributed by atoms with van der Waals surface area (Å²) in [7, 11) is 1.13. The van der Waals surface area contributed by atoms with Crippen LogP contribution in [0.4, 0.5) is 10.5 Å². The molecule has 538 valence electrons. The maximum Gasteiger partial charge on any atom is 0.363 e. The number of ether oxygens (including phenoxy) is 2. The lowest BCUT2D eigenvalue weighted by Crippen LogP contribution is -2.54. The van der Waals surface area contributed by atoms with Gasteiger partial charge in [0.15, 0.2) is 23.9 Å². The molecule has 8 unspecified atom stereocenters. The van der Waals surface area contributed by atoms with Gasteiger partial charge in [0, 0.05) is 68.6 Å². The standard InChI is InChI=1S/C64H73N13O23S/c1-33-10-17-52(81)75(33)100-63(93)36-13-11-35(12-14-36)26-65-28-39-16-15-37(27-66-39)59(89)71-41(24-55(84)85)62(92)74-20-6-7-44(74)46(78)21-38(22-57(88)99-76-53(82)18-19-54(76)83)60(90)69-34(2)40-23-47(97-3)48(25-45(40)77(95)96)98-31-51(80)70-42(61(91)68-30-56(86)87)29-67-50(79)9-5-4-8-49-58-43(32-101-49)72-64(94)73-58/h11-16,23,25-27,34,38,41-44,49,58H,1,4-10,17-22,24,28-32H2,2-3H3,(H,67,79)(H,68,91)(H,69,90)(H,70,80)(H,71,89)(H,84,85)(H,86,87)(H2,72,73,94). The molecule has 5 aliphatic rings. The summed E-state index contributed by atoms with van der Waals surface area (Å²) < 4.78 is 11.1. The largest absolute Gasteiger partial charge is 0.493 e. The van der Waals surface area contributed by atoms with Gasteiger partial charge in [-0.3, -0.25) is 77.6 Å². The molecule has 8 atom stereocenters. The van der Waals surface area contributed by atoms with Crippen LogP contribution in [-0.4, -0.2) is 205 Å². The fourth-order valence-electron chi connectivity index (χ4n) is 11.5. The topological polar surface area (TPSA) is 496 Å². The molecule has 8 rings (SSSR count). The molecule has 6 heterocycles. The van der Waals surface area contributed by atoms with Gasteiger partial charge in [0.25, 0.3) is 35.2 Å². The average Bonchev–Trinajstić information content (AvgIpc) is 1.52. The Balaban J connectivity index is 0.885. The Morgan fingerprint density at radius 1 is 0.812 bits per heavy atom. The Labute approximate surface area is 578 Å². The zero-order valence-corrected chi connectivity index (χ0v) is 55.4. The molecule has 0 bridgehead atoms.